The van der Waals surface area contributed by atoms with Gasteiger partial charge in [0.1, 0.15) is 11.6 Å². The van der Waals surface area contributed by atoms with E-state index in [0.29, 0.717) is 5.89 Å². The van der Waals surface area contributed by atoms with Gasteiger partial charge in [0.25, 0.3) is 0 Å². The molecule has 1 amide bonds. The van der Waals surface area contributed by atoms with Crippen LogP contribution in [0, 0.1) is 11.6 Å². The second-order valence-electron chi connectivity index (χ2n) is 7.39. The van der Waals surface area contributed by atoms with Crippen molar-refractivity contribution in [3.8, 4) is 11.3 Å². The van der Waals surface area contributed by atoms with Gasteiger partial charge in [-0.25, -0.2) is 13.8 Å². The molecule has 30 heavy (non-hydrogen) atoms. The molecular formula is C23H23F2N3O2. The van der Waals surface area contributed by atoms with Crippen LogP contribution in [0.3, 0.4) is 0 Å². The van der Waals surface area contributed by atoms with Crippen LogP contribution < -0.4 is 10.2 Å². The van der Waals surface area contributed by atoms with E-state index in [2.05, 4.69) is 21.3 Å². The minimum atomic E-state index is -0.718. The average Bonchev–Trinajstić information content (AvgIpc) is 3.22. The molecule has 2 aromatic carbocycles. The number of carbonyl (C=O) groups excluding carboxylic acids is 1. The van der Waals surface area contributed by atoms with Gasteiger partial charge in [-0.05, 0) is 49.6 Å². The zero-order valence-corrected chi connectivity index (χ0v) is 16.5. The molecule has 1 fully saturated rings. The van der Waals surface area contributed by atoms with Gasteiger partial charge in [-0.2, -0.15) is 0 Å². The van der Waals surface area contributed by atoms with E-state index in [9.17, 15) is 13.6 Å². The van der Waals surface area contributed by atoms with Crippen LogP contribution in [0.1, 0.15) is 31.6 Å². The van der Waals surface area contributed by atoms with Crippen LogP contribution in [0.15, 0.2) is 53.1 Å². The fourth-order valence-electron chi connectivity index (χ4n) is 3.62. The second-order valence-corrected chi connectivity index (χ2v) is 7.39. The molecule has 0 unspecified atom stereocenters. The van der Waals surface area contributed by atoms with E-state index in [1.807, 2.05) is 18.2 Å². The van der Waals surface area contributed by atoms with E-state index in [1.165, 1.54) is 31.5 Å². The van der Waals surface area contributed by atoms with Crippen LogP contribution in [0.4, 0.5) is 20.2 Å². The third kappa shape index (κ3) is 4.84. The first-order valence-corrected chi connectivity index (χ1v) is 10.1. The number of benzene rings is 2. The Labute approximate surface area is 173 Å². The summed E-state index contributed by atoms with van der Waals surface area (Å²) in [4.78, 5) is 18.8. The van der Waals surface area contributed by atoms with Crippen molar-refractivity contribution in [2.75, 3.05) is 23.3 Å². The predicted octanol–water partition coefficient (Wildman–Crippen LogP) is 5.18. The SMILES string of the molecule is O=C(CCc1ncc(-c2ccc(F)cc2F)o1)Nc1cccc(N2CCCCC2)c1. The third-order valence-electron chi connectivity index (χ3n) is 5.17. The molecule has 7 heteroatoms. The maximum atomic E-state index is 13.9. The summed E-state index contributed by atoms with van der Waals surface area (Å²) in [6, 6.07) is 11.1. The Morgan fingerprint density at radius 1 is 1.10 bits per heavy atom. The smallest absolute Gasteiger partial charge is 0.224 e. The number of rotatable bonds is 6. The van der Waals surface area contributed by atoms with Crippen molar-refractivity contribution in [1.29, 1.82) is 0 Å². The number of hydrogen-bond donors (Lipinski definition) is 1. The molecule has 3 aromatic rings. The van der Waals surface area contributed by atoms with Crippen molar-refractivity contribution >= 4 is 17.3 Å². The predicted molar refractivity (Wildman–Crippen MR) is 111 cm³/mol. The van der Waals surface area contributed by atoms with Crippen molar-refractivity contribution in [2.24, 2.45) is 0 Å². The number of aryl methyl sites for hydroxylation is 1. The third-order valence-corrected chi connectivity index (χ3v) is 5.17. The number of amides is 1. The summed E-state index contributed by atoms with van der Waals surface area (Å²) in [7, 11) is 0. The molecule has 1 aliphatic rings. The highest BCUT2D eigenvalue weighted by atomic mass is 19.1. The maximum absolute atomic E-state index is 13.9. The first kappa shape index (κ1) is 20.1. The van der Waals surface area contributed by atoms with Crippen LogP contribution in [-0.4, -0.2) is 24.0 Å². The van der Waals surface area contributed by atoms with Crippen LogP contribution >= 0.6 is 0 Å². The summed E-state index contributed by atoms with van der Waals surface area (Å²) in [6.07, 6.45) is 5.49. The van der Waals surface area contributed by atoms with Crippen LogP contribution in [0.25, 0.3) is 11.3 Å². The van der Waals surface area contributed by atoms with Gasteiger partial charge < -0.3 is 14.6 Å². The molecule has 5 nitrogen and oxygen atoms in total. The average molecular weight is 411 g/mol. The molecular weight excluding hydrogens is 388 g/mol. The molecule has 156 valence electrons. The van der Waals surface area contributed by atoms with E-state index < -0.39 is 11.6 Å². The molecule has 0 radical (unpaired) electrons. The standard InChI is InChI=1S/C23H23F2N3O2/c24-16-7-8-19(20(25)13-16)21-15-26-23(30-21)10-9-22(29)27-17-5-4-6-18(14-17)28-11-2-1-3-12-28/h4-8,13-15H,1-3,9-12H2,(H,27,29). The highest BCUT2D eigenvalue weighted by Gasteiger charge is 2.14. The molecule has 2 heterocycles. The van der Waals surface area contributed by atoms with Gasteiger partial charge in [0.15, 0.2) is 11.7 Å². The van der Waals surface area contributed by atoms with Crippen molar-refractivity contribution < 1.29 is 18.0 Å². The number of nitrogens with one attached hydrogen (secondary N) is 1. The zero-order valence-electron chi connectivity index (χ0n) is 16.5. The van der Waals surface area contributed by atoms with Crippen molar-refractivity contribution in [1.82, 2.24) is 4.98 Å². The number of anilines is 2. The Kier molecular flexibility index (Phi) is 6.07. The number of hydrogen-bond acceptors (Lipinski definition) is 4. The summed E-state index contributed by atoms with van der Waals surface area (Å²) < 4.78 is 32.5. The number of oxazole rings is 1. The van der Waals surface area contributed by atoms with E-state index >= 15 is 0 Å². The Balaban J connectivity index is 1.34. The first-order chi connectivity index (χ1) is 14.6. The summed E-state index contributed by atoms with van der Waals surface area (Å²) in [5.74, 6) is -0.998. The molecule has 0 aliphatic carbocycles. The van der Waals surface area contributed by atoms with Crippen LogP contribution in [0.5, 0.6) is 0 Å². The fraction of sp³-hybridized carbons (Fsp3) is 0.304. The Bertz CT molecular complexity index is 1030. The molecule has 0 saturated carbocycles. The largest absolute Gasteiger partial charge is 0.441 e. The van der Waals surface area contributed by atoms with Gasteiger partial charge in [-0.15, -0.1) is 0 Å². The number of carbonyl (C=O) groups is 1. The summed E-state index contributed by atoms with van der Waals surface area (Å²) in [6.45, 7) is 2.08. The topological polar surface area (TPSA) is 58.4 Å². The molecule has 0 spiro atoms. The van der Waals surface area contributed by atoms with E-state index in [1.54, 1.807) is 0 Å². The Morgan fingerprint density at radius 3 is 2.73 bits per heavy atom. The molecule has 0 atom stereocenters. The van der Waals surface area contributed by atoms with Crippen molar-refractivity contribution in [2.45, 2.75) is 32.1 Å². The van der Waals surface area contributed by atoms with Crippen LogP contribution in [0.2, 0.25) is 0 Å². The molecule has 1 aromatic heterocycles. The number of halogens is 2. The van der Waals surface area contributed by atoms with Gasteiger partial charge in [-0.1, -0.05) is 6.07 Å². The molecule has 1 aliphatic heterocycles. The molecule has 0 bridgehead atoms. The monoisotopic (exact) mass is 411 g/mol. The minimum Gasteiger partial charge on any atom is -0.441 e. The van der Waals surface area contributed by atoms with Gasteiger partial charge in [0, 0.05) is 43.4 Å². The molecule has 4 rings (SSSR count). The van der Waals surface area contributed by atoms with Crippen molar-refractivity contribution in [3.63, 3.8) is 0 Å². The second kappa shape index (κ2) is 9.07. The Hall–Kier alpha value is -3.22. The summed E-state index contributed by atoms with van der Waals surface area (Å²) in [5.41, 5.74) is 2.00. The normalized spacial score (nSPS) is 14.0. The van der Waals surface area contributed by atoms with E-state index in [4.69, 9.17) is 4.42 Å². The van der Waals surface area contributed by atoms with Crippen LogP contribution in [-0.2, 0) is 11.2 Å². The highest BCUT2D eigenvalue weighted by Crippen LogP contribution is 2.25. The lowest BCUT2D eigenvalue weighted by atomic mass is 10.1. The molecule has 1 saturated heterocycles. The quantitative estimate of drug-likeness (QED) is 0.607. The highest BCUT2D eigenvalue weighted by molar-refractivity contribution is 5.91. The lowest BCUT2D eigenvalue weighted by molar-refractivity contribution is -0.116. The van der Waals surface area contributed by atoms with Gasteiger partial charge >= 0.3 is 0 Å². The van der Waals surface area contributed by atoms with E-state index in [0.717, 1.165) is 36.6 Å². The zero-order chi connectivity index (χ0) is 20.9. The lowest BCUT2D eigenvalue weighted by Gasteiger charge is -2.29. The van der Waals surface area contributed by atoms with Gasteiger partial charge in [0.2, 0.25) is 5.91 Å². The number of aromatic nitrogens is 1. The van der Waals surface area contributed by atoms with E-state index in [-0.39, 0.29) is 30.1 Å². The maximum Gasteiger partial charge on any atom is 0.224 e. The van der Waals surface area contributed by atoms with Gasteiger partial charge in [0.05, 0.1) is 11.8 Å². The Morgan fingerprint density at radius 2 is 1.93 bits per heavy atom. The minimum absolute atomic E-state index is 0.133. The lowest BCUT2D eigenvalue weighted by Crippen LogP contribution is -2.29. The van der Waals surface area contributed by atoms with Crippen molar-refractivity contribution in [3.05, 3.63) is 66.2 Å². The summed E-state index contributed by atoms with van der Waals surface area (Å²) in [5, 5.41) is 2.91. The van der Waals surface area contributed by atoms with Gasteiger partial charge in [-0.3, -0.25) is 4.79 Å². The number of piperidine rings is 1. The summed E-state index contributed by atoms with van der Waals surface area (Å²) >= 11 is 0. The first-order valence-electron chi connectivity index (χ1n) is 10.1. The number of nitrogens with zero attached hydrogens (tertiary/aromatic N) is 2. The molecule has 1 N–H and O–H groups in total. The fourth-order valence-corrected chi connectivity index (χ4v) is 3.62.